The second-order valence-corrected chi connectivity index (χ2v) is 9.29. The van der Waals surface area contributed by atoms with E-state index in [4.69, 9.17) is 0 Å². The van der Waals surface area contributed by atoms with Crippen molar-refractivity contribution in [1.82, 2.24) is 4.98 Å². The Morgan fingerprint density at radius 2 is 1.69 bits per heavy atom. The highest BCUT2D eigenvalue weighted by atomic mass is 14.6. The van der Waals surface area contributed by atoms with Crippen molar-refractivity contribution >= 4 is 0 Å². The zero-order valence-electron chi connectivity index (χ0n) is 19.0. The summed E-state index contributed by atoms with van der Waals surface area (Å²) < 4.78 is 0. The molecule has 0 bridgehead atoms. The van der Waals surface area contributed by atoms with Gasteiger partial charge >= 0.3 is 0 Å². The largest absolute Gasteiger partial charge is 0.264 e. The lowest BCUT2D eigenvalue weighted by Gasteiger charge is -2.33. The van der Waals surface area contributed by atoms with E-state index in [0.29, 0.717) is 5.92 Å². The zero-order chi connectivity index (χ0) is 20.5. The minimum Gasteiger partial charge on any atom is -0.264 e. The Balaban J connectivity index is 1.77. The van der Waals surface area contributed by atoms with Crippen LogP contribution < -0.4 is 0 Å². The number of hydrogen-bond donors (Lipinski definition) is 0. The van der Waals surface area contributed by atoms with Crippen molar-refractivity contribution in [2.45, 2.75) is 97.3 Å². The molecule has 158 valence electrons. The van der Waals surface area contributed by atoms with E-state index >= 15 is 0 Å². The minimum absolute atomic E-state index is 0.592. The third-order valence-electron chi connectivity index (χ3n) is 7.25. The summed E-state index contributed by atoms with van der Waals surface area (Å²) in [7, 11) is 0. The second-order valence-electron chi connectivity index (χ2n) is 9.29. The van der Waals surface area contributed by atoms with Gasteiger partial charge in [-0.15, -0.1) is 0 Å². The van der Waals surface area contributed by atoms with Crippen LogP contribution in [-0.4, -0.2) is 4.98 Å². The molecule has 1 aromatic carbocycles. The lowest BCUT2D eigenvalue weighted by atomic mass is 9.72. The van der Waals surface area contributed by atoms with Gasteiger partial charge in [-0.3, -0.25) is 4.98 Å². The van der Waals surface area contributed by atoms with Gasteiger partial charge in [0.25, 0.3) is 0 Å². The fraction of sp³-hybridized carbons (Fsp3) is 0.607. The van der Waals surface area contributed by atoms with Crippen LogP contribution in [0.2, 0.25) is 0 Å². The first-order chi connectivity index (χ1) is 14.2. The molecule has 0 spiro atoms. The highest BCUT2D eigenvalue weighted by molar-refractivity contribution is 5.71. The molecule has 1 aliphatic carbocycles. The number of hydrogen-bond acceptors (Lipinski definition) is 1. The van der Waals surface area contributed by atoms with Gasteiger partial charge in [-0.2, -0.15) is 0 Å². The molecule has 0 saturated heterocycles. The van der Waals surface area contributed by atoms with Gasteiger partial charge in [-0.05, 0) is 71.8 Å². The average Bonchev–Trinajstić information content (AvgIpc) is 2.77. The topological polar surface area (TPSA) is 12.9 Å². The van der Waals surface area contributed by atoms with E-state index in [1.807, 2.05) is 6.20 Å². The number of aryl methyl sites for hydroxylation is 1. The summed E-state index contributed by atoms with van der Waals surface area (Å²) in [6, 6.07) is 11.3. The molecule has 0 aliphatic heterocycles. The maximum atomic E-state index is 4.55. The lowest BCUT2D eigenvalue weighted by molar-refractivity contribution is 0.239. The maximum Gasteiger partial charge on any atom is 0.0308 e. The Morgan fingerprint density at radius 3 is 2.45 bits per heavy atom. The molecular weight excluding hydrogens is 350 g/mol. The molecule has 1 aliphatic rings. The van der Waals surface area contributed by atoms with E-state index in [2.05, 4.69) is 62.3 Å². The van der Waals surface area contributed by atoms with Gasteiger partial charge in [0, 0.05) is 12.4 Å². The number of rotatable bonds is 10. The number of nitrogens with zero attached hydrogens (tertiary/aromatic N) is 1. The van der Waals surface area contributed by atoms with Crippen LogP contribution in [-0.2, 0) is 6.42 Å². The van der Waals surface area contributed by atoms with Crippen molar-refractivity contribution in [2.24, 2.45) is 11.8 Å². The first kappa shape index (κ1) is 22.1. The predicted octanol–water partition coefficient (Wildman–Crippen LogP) is 8.58. The fourth-order valence-electron chi connectivity index (χ4n) is 5.40. The van der Waals surface area contributed by atoms with E-state index in [-0.39, 0.29) is 0 Å². The molecular formula is C28H41N. The molecule has 1 aromatic heterocycles. The van der Waals surface area contributed by atoms with Gasteiger partial charge in [-0.25, -0.2) is 0 Å². The second kappa shape index (κ2) is 11.5. The van der Waals surface area contributed by atoms with E-state index in [1.165, 1.54) is 92.9 Å². The van der Waals surface area contributed by atoms with Crippen LogP contribution >= 0.6 is 0 Å². The highest BCUT2D eigenvalue weighted by Crippen LogP contribution is 2.42. The Bertz CT molecular complexity index is 727. The van der Waals surface area contributed by atoms with E-state index in [9.17, 15) is 0 Å². The molecule has 0 N–H and O–H groups in total. The summed E-state index contributed by atoms with van der Waals surface area (Å²) in [4.78, 5) is 4.55. The summed E-state index contributed by atoms with van der Waals surface area (Å²) >= 11 is 0. The smallest absolute Gasteiger partial charge is 0.0308 e. The molecule has 1 unspecified atom stereocenters. The summed E-state index contributed by atoms with van der Waals surface area (Å²) in [5.41, 5.74) is 5.84. The molecule has 1 nitrogen and oxygen atoms in total. The highest BCUT2D eigenvalue weighted by Gasteiger charge is 2.27. The Morgan fingerprint density at radius 1 is 0.897 bits per heavy atom. The number of aromatic nitrogens is 1. The Labute approximate surface area is 179 Å². The van der Waals surface area contributed by atoms with Crippen molar-refractivity contribution in [2.75, 3.05) is 0 Å². The molecule has 29 heavy (non-hydrogen) atoms. The Kier molecular flexibility index (Phi) is 8.77. The molecule has 0 radical (unpaired) electrons. The molecule has 1 heterocycles. The predicted molar refractivity (Wildman–Crippen MR) is 126 cm³/mol. The van der Waals surface area contributed by atoms with E-state index in [0.717, 1.165) is 11.8 Å². The van der Waals surface area contributed by atoms with Crippen molar-refractivity contribution in [3.8, 4) is 11.1 Å². The third kappa shape index (κ3) is 5.93. The molecule has 1 fully saturated rings. The summed E-state index contributed by atoms with van der Waals surface area (Å²) in [5.74, 6) is 2.37. The first-order valence-corrected chi connectivity index (χ1v) is 12.3. The van der Waals surface area contributed by atoms with E-state index < -0.39 is 0 Å². The number of unbranched alkanes of at least 4 members (excludes halogenated alkanes) is 3. The van der Waals surface area contributed by atoms with Crippen LogP contribution in [0.1, 0.15) is 102 Å². The molecule has 0 amide bonds. The van der Waals surface area contributed by atoms with Crippen LogP contribution in [0.5, 0.6) is 0 Å². The van der Waals surface area contributed by atoms with Crippen LogP contribution in [0.3, 0.4) is 0 Å². The van der Waals surface area contributed by atoms with Gasteiger partial charge in [0.1, 0.15) is 0 Å². The molecule has 2 aromatic rings. The van der Waals surface area contributed by atoms with E-state index in [1.54, 1.807) is 0 Å². The monoisotopic (exact) mass is 391 g/mol. The quantitative estimate of drug-likeness (QED) is 0.369. The van der Waals surface area contributed by atoms with Crippen LogP contribution in [0, 0.1) is 11.8 Å². The zero-order valence-corrected chi connectivity index (χ0v) is 19.0. The van der Waals surface area contributed by atoms with Crippen LogP contribution in [0.4, 0.5) is 0 Å². The number of pyridine rings is 1. The third-order valence-corrected chi connectivity index (χ3v) is 7.25. The van der Waals surface area contributed by atoms with Crippen LogP contribution in [0.25, 0.3) is 11.1 Å². The normalized spacial score (nSPS) is 20.5. The molecule has 3 rings (SSSR count). The van der Waals surface area contributed by atoms with Crippen molar-refractivity contribution in [3.05, 3.63) is 53.9 Å². The van der Waals surface area contributed by atoms with Gasteiger partial charge in [-0.1, -0.05) is 90.0 Å². The minimum atomic E-state index is 0.592. The van der Waals surface area contributed by atoms with Crippen molar-refractivity contribution in [1.29, 1.82) is 0 Å². The standard InChI is InChI=1S/C28H41N/c1-4-6-7-8-12-25-13-9-10-14-26(25)27-19-20-29-21-28(27)22(3)24-17-15-23(11-5-2)16-18-24/h9-10,13-14,19-24H,4-8,11-12,15-18H2,1-3H3. The van der Waals surface area contributed by atoms with Gasteiger partial charge in [0.15, 0.2) is 0 Å². The molecule has 1 atom stereocenters. The summed E-state index contributed by atoms with van der Waals surface area (Å²) in [6.45, 7) is 7.07. The molecule has 1 saturated carbocycles. The van der Waals surface area contributed by atoms with Gasteiger partial charge in [0.05, 0.1) is 0 Å². The van der Waals surface area contributed by atoms with Gasteiger partial charge < -0.3 is 0 Å². The fourth-order valence-corrected chi connectivity index (χ4v) is 5.40. The summed E-state index contributed by atoms with van der Waals surface area (Å²) in [5, 5.41) is 0. The Hall–Kier alpha value is -1.63. The SMILES string of the molecule is CCCCCCc1ccccc1-c1ccncc1C(C)C1CCC(CCC)CC1. The van der Waals surface area contributed by atoms with Crippen LogP contribution in [0.15, 0.2) is 42.7 Å². The van der Waals surface area contributed by atoms with Crippen molar-refractivity contribution in [3.63, 3.8) is 0 Å². The summed E-state index contributed by atoms with van der Waals surface area (Å²) in [6.07, 6.45) is 19.0. The number of benzene rings is 1. The average molecular weight is 392 g/mol. The first-order valence-electron chi connectivity index (χ1n) is 12.3. The molecule has 1 heteroatoms. The maximum absolute atomic E-state index is 4.55. The van der Waals surface area contributed by atoms with Crippen molar-refractivity contribution < 1.29 is 0 Å². The lowest BCUT2D eigenvalue weighted by Crippen LogP contribution is -2.19. The van der Waals surface area contributed by atoms with Gasteiger partial charge in [0.2, 0.25) is 0 Å².